The zero-order valence-electron chi connectivity index (χ0n) is 25.3. The minimum Gasteiger partial charge on any atom is -0.465 e. The van der Waals surface area contributed by atoms with Crippen LogP contribution in [-0.4, -0.2) is 30.4 Å². The van der Waals surface area contributed by atoms with Gasteiger partial charge >= 0.3 is 11.9 Å². The summed E-state index contributed by atoms with van der Waals surface area (Å²) in [6.45, 7) is 17.8. The Morgan fingerprint density at radius 3 is 2.05 bits per heavy atom. The lowest BCUT2D eigenvalue weighted by atomic mass is 9.32. The van der Waals surface area contributed by atoms with Crippen LogP contribution in [0.15, 0.2) is 0 Å². The van der Waals surface area contributed by atoms with E-state index < -0.39 is 0 Å². The molecule has 5 rings (SSSR count). The van der Waals surface area contributed by atoms with E-state index in [1.165, 1.54) is 32.6 Å². The Morgan fingerprint density at radius 2 is 1.42 bits per heavy atom. The highest BCUT2D eigenvalue weighted by molar-refractivity contribution is 5.79. The Bertz CT molecular complexity index is 1000. The molecule has 0 spiro atoms. The Balaban J connectivity index is 1.49. The van der Waals surface area contributed by atoms with E-state index in [-0.39, 0.29) is 51.0 Å². The first kappa shape index (κ1) is 28.1. The summed E-state index contributed by atoms with van der Waals surface area (Å²) in [6.07, 6.45) is 11.0. The van der Waals surface area contributed by atoms with Gasteiger partial charge in [0, 0.05) is 30.6 Å². The molecule has 5 fully saturated rings. The molecule has 5 heteroatoms. The third-order valence-electron chi connectivity index (χ3n) is 13.9. The lowest BCUT2D eigenvalue weighted by molar-refractivity contribution is -0.252. The van der Waals surface area contributed by atoms with Gasteiger partial charge in [0.1, 0.15) is 11.9 Å². The molecule has 5 saturated carbocycles. The third kappa shape index (κ3) is 3.79. The van der Waals surface area contributed by atoms with Crippen LogP contribution in [0.1, 0.15) is 120 Å². The predicted molar refractivity (Wildman–Crippen MR) is 147 cm³/mol. The number of fused-ring (bicyclic) bond motifs is 7. The smallest absolute Gasteiger partial charge is 0.302 e. The van der Waals surface area contributed by atoms with Crippen LogP contribution in [-0.2, 0) is 23.9 Å². The summed E-state index contributed by atoms with van der Waals surface area (Å²) in [4.78, 5) is 36.8. The van der Waals surface area contributed by atoms with Crippen molar-refractivity contribution in [1.82, 2.24) is 0 Å². The molecule has 0 saturated heterocycles. The molecule has 0 aromatic rings. The summed E-state index contributed by atoms with van der Waals surface area (Å²) in [5.41, 5.74) is 0.532. The topological polar surface area (TPSA) is 69.7 Å². The molecule has 38 heavy (non-hydrogen) atoms. The minimum atomic E-state index is -0.202. The predicted octanol–water partition coefficient (Wildman–Crippen LogP) is 7.15. The summed E-state index contributed by atoms with van der Waals surface area (Å²) in [5.74, 6) is 2.05. The van der Waals surface area contributed by atoms with Crippen LogP contribution in [0.2, 0.25) is 0 Å². The number of ether oxygens (including phenoxy) is 2. The largest absolute Gasteiger partial charge is 0.465 e. The van der Waals surface area contributed by atoms with Crippen LogP contribution in [0.25, 0.3) is 0 Å². The lowest BCUT2D eigenvalue weighted by Gasteiger charge is -2.73. The van der Waals surface area contributed by atoms with Crippen molar-refractivity contribution in [2.24, 2.45) is 56.7 Å². The van der Waals surface area contributed by atoms with E-state index in [0.717, 1.165) is 38.5 Å². The van der Waals surface area contributed by atoms with Crippen LogP contribution in [0.5, 0.6) is 0 Å². The molecule has 5 aliphatic rings. The SMILES string of the molecule is CC(=O)OC[C@@]12CC[C@@H](C(C)=O)[C@H]1[C@@H]1CC[C@H]3[C@]4(C)CC[C@H](OC(C)=O)C(C)(C)[C@@H]4CC[C@]3(C)[C@@]1(C)CC2. The first-order valence-electron chi connectivity index (χ1n) is 15.4. The number of esters is 2. The summed E-state index contributed by atoms with van der Waals surface area (Å²) in [7, 11) is 0. The van der Waals surface area contributed by atoms with Gasteiger partial charge < -0.3 is 9.47 Å². The van der Waals surface area contributed by atoms with Gasteiger partial charge in [-0.1, -0.05) is 34.6 Å². The van der Waals surface area contributed by atoms with Crippen molar-refractivity contribution in [3.8, 4) is 0 Å². The molecule has 0 radical (unpaired) electrons. The maximum Gasteiger partial charge on any atom is 0.302 e. The molecule has 0 aromatic heterocycles. The number of rotatable bonds is 4. The van der Waals surface area contributed by atoms with E-state index in [1.807, 2.05) is 0 Å². The minimum absolute atomic E-state index is 0.000688. The van der Waals surface area contributed by atoms with Crippen molar-refractivity contribution in [3.05, 3.63) is 0 Å². The van der Waals surface area contributed by atoms with Gasteiger partial charge in [0.25, 0.3) is 0 Å². The number of ketones is 1. The second-order valence-electron chi connectivity index (χ2n) is 15.6. The Hall–Kier alpha value is -1.39. The summed E-state index contributed by atoms with van der Waals surface area (Å²) in [6, 6.07) is 0. The van der Waals surface area contributed by atoms with Crippen molar-refractivity contribution in [2.45, 2.75) is 126 Å². The highest BCUT2D eigenvalue weighted by Crippen LogP contribution is 2.77. The zero-order valence-corrected chi connectivity index (χ0v) is 25.3. The molecular weight excluding hydrogens is 476 g/mol. The zero-order chi connectivity index (χ0) is 27.9. The van der Waals surface area contributed by atoms with Gasteiger partial charge in [-0.3, -0.25) is 14.4 Å². The van der Waals surface area contributed by atoms with E-state index >= 15 is 0 Å². The molecule has 0 N–H and O–H groups in total. The highest BCUT2D eigenvalue weighted by atomic mass is 16.5. The molecule has 0 amide bonds. The summed E-state index contributed by atoms with van der Waals surface area (Å²) >= 11 is 0. The number of hydrogen-bond donors (Lipinski definition) is 0. The van der Waals surface area contributed by atoms with Gasteiger partial charge in [-0.05, 0) is 111 Å². The van der Waals surface area contributed by atoms with Crippen molar-refractivity contribution in [3.63, 3.8) is 0 Å². The average molecular weight is 529 g/mol. The van der Waals surface area contributed by atoms with Gasteiger partial charge in [-0.25, -0.2) is 0 Å². The van der Waals surface area contributed by atoms with Gasteiger partial charge in [0.05, 0.1) is 6.61 Å². The summed E-state index contributed by atoms with van der Waals surface area (Å²) < 4.78 is 11.6. The van der Waals surface area contributed by atoms with E-state index in [2.05, 4.69) is 34.6 Å². The molecule has 0 aliphatic heterocycles. The fourth-order valence-corrected chi connectivity index (χ4v) is 12.1. The van der Waals surface area contributed by atoms with Crippen LogP contribution in [0.3, 0.4) is 0 Å². The quantitative estimate of drug-likeness (QED) is 0.362. The summed E-state index contributed by atoms with van der Waals surface area (Å²) in [5, 5.41) is 0. The third-order valence-corrected chi connectivity index (χ3v) is 13.9. The van der Waals surface area contributed by atoms with Crippen LogP contribution in [0, 0.1) is 56.7 Å². The van der Waals surface area contributed by atoms with Gasteiger partial charge in [-0.15, -0.1) is 0 Å². The monoisotopic (exact) mass is 528 g/mol. The fraction of sp³-hybridized carbons (Fsp3) is 0.909. The second-order valence-corrected chi connectivity index (χ2v) is 15.6. The average Bonchev–Trinajstić information content (AvgIpc) is 3.20. The Labute approximate surface area is 230 Å². The number of carbonyl (C=O) groups is 3. The normalized spacial score (nSPS) is 49.1. The van der Waals surface area contributed by atoms with Crippen LogP contribution < -0.4 is 0 Å². The fourth-order valence-electron chi connectivity index (χ4n) is 12.1. The Kier molecular flexibility index (Phi) is 6.71. The van der Waals surface area contributed by atoms with Crippen molar-refractivity contribution < 1.29 is 23.9 Å². The second kappa shape index (κ2) is 9.06. The van der Waals surface area contributed by atoms with Gasteiger partial charge in [-0.2, -0.15) is 0 Å². The molecule has 0 aromatic carbocycles. The number of carbonyl (C=O) groups excluding carboxylic acids is 3. The molecule has 214 valence electrons. The molecule has 5 aliphatic carbocycles. The molecule has 5 nitrogen and oxygen atoms in total. The maximum atomic E-state index is 13.0. The van der Waals surface area contributed by atoms with E-state index in [0.29, 0.717) is 36.1 Å². The highest BCUT2D eigenvalue weighted by Gasteiger charge is 2.71. The van der Waals surface area contributed by atoms with Crippen LogP contribution in [0.4, 0.5) is 0 Å². The van der Waals surface area contributed by atoms with E-state index in [9.17, 15) is 14.4 Å². The lowest BCUT2D eigenvalue weighted by Crippen LogP contribution is -2.67. The van der Waals surface area contributed by atoms with Crippen molar-refractivity contribution in [2.75, 3.05) is 6.61 Å². The molecule has 10 atom stereocenters. The van der Waals surface area contributed by atoms with Crippen LogP contribution >= 0.6 is 0 Å². The van der Waals surface area contributed by atoms with E-state index in [4.69, 9.17) is 9.47 Å². The standard InChI is InChI=1S/C33H52O5/c1-20(34)23-11-16-33(19-37-21(2)35)18-17-31(7)24(28(23)33)9-10-26-30(6)14-13-27(38-22(3)36)29(4,5)25(30)12-15-32(26,31)8/h23-28H,9-19H2,1-8H3/t23-,24-,25-,26-,27-,28-,30+,31-,32-,33-/m0/s1. The molecule has 0 heterocycles. The first-order chi connectivity index (χ1) is 17.6. The number of Topliss-reactive ketones (excluding diaryl/α,β-unsaturated/α-hetero) is 1. The van der Waals surface area contributed by atoms with Crippen molar-refractivity contribution in [1.29, 1.82) is 0 Å². The molecule has 0 unspecified atom stereocenters. The van der Waals surface area contributed by atoms with Gasteiger partial charge in [0.2, 0.25) is 0 Å². The Morgan fingerprint density at radius 1 is 0.711 bits per heavy atom. The van der Waals surface area contributed by atoms with Crippen molar-refractivity contribution >= 4 is 17.7 Å². The van der Waals surface area contributed by atoms with Gasteiger partial charge in [0.15, 0.2) is 0 Å². The maximum absolute atomic E-state index is 13.0. The number of hydrogen-bond acceptors (Lipinski definition) is 5. The molecular formula is C33H52O5. The molecule has 0 bridgehead atoms. The first-order valence-corrected chi connectivity index (χ1v) is 15.4. The van der Waals surface area contributed by atoms with E-state index in [1.54, 1.807) is 13.8 Å².